The number of carboxylic acids is 2. The van der Waals surface area contributed by atoms with E-state index in [4.69, 9.17) is 0 Å². The zero-order chi connectivity index (χ0) is 31.5. The molecular weight excluding hydrogens is 620 g/mol. The van der Waals surface area contributed by atoms with E-state index in [0.717, 1.165) is 38.5 Å². The molecule has 0 heterocycles. The summed E-state index contributed by atoms with van der Waals surface area (Å²) in [6, 6.07) is 0. The summed E-state index contributed by atoms with van der Waals surface area (Å²) in [6.07, 6.45) is 32.7. The second-order valence-corrected chi connectivity index (χ2v) is 12.4. The van der Waals surface area contributed by atoms with E-state index < -0.39 is 24.1 Å². The average Bonchev–Trinajstić information content (AvgIpc) is 2.97. The van der Waals surface area contributed by atoms with E-state index in [1.807, 2.05) is 0 Å². The van der Waals surface area contributed by atoms with Crippen molar-refractivity contribution in [2.75, 3.05) is 0 Å². The number of aliphatic carboxylic acids is 2. The molecule has 0 saturated carbocycles. The van der Waals surface area contributed by atoms with Crippen LogP contribution in [0.3, 0.4) is 0 Å². The van der Waals surface area contributed by atoms with Crippen LogP contribution in [0.1, 0.15) is 206 Å². The van der Waals surface area contributed by atoms with Gasteiger partial charge in [0.2, 0.25) is 0 Å². The Bertz CT molecular complexity index is 512. The van der Waals surface area contributed by atoms with Crippen LogP contribution in [0.4, 0.5) is 0 Å². The number of rotatable bonds is 32. The van der Waals surface area contributed by atoms with Gasteiger partial charge in [-0.05, 0) is 0 Å². The zero-order valence-electron chi connectivity index (χ0n) is 28.3. The molecule has 7 heteroatoms. The first-order chi connectivity index (χ1) is 20.4. The topological polar surface area (TPSA) is 126 Å². The van der Waals surface area contributed by atoms with Crippen LogP contribution in [-0.2, 0) is 35.8 Å². The van der Waals surface area contributed by atoms with Gasteiger partial charge in [-0.25, -0.2) is 0 Å². The molecule has 0 aromatic carbocycles. The first-order valence-corrected chi connectivity index (χ1v) is 18.1. The van der Waals surface area contributed by atoms with Crippen molar-refractivity contribution in [3.8, 4) is 0 Å². The van der Waals surface area contributed by atoms with Crippen LogP contribution in [0.15, 0.2) is 0 Å². The van der Waals surface area contributed by atoms with Crippen LogP contribution in [0.25, 0.3) is 0 Å². The fraction of sp³-hybridized carbons (Fsp3) is 0.944. The van der Waals surface area contributed by atoms with Crippen LogP contribution in [0.2, 0.25) is 0 Å². The molecule has 0 rings (SSSR count). The molecule has 0 spiro atoms. The van der Waals surface area contributed by atoms with Gasteiger partial charge in [0.1, 0.15) is 0 Å². The summed E-state index contributed by atoms with van der Waals surface area (Å²) in [4.78, 5) is 20.5. The Morgan fingerprint density at radius 2 is 0.535 bits per heavy atom. The van der Waals surface area contributed by atoms with Crippen LogP contribution in [0.5, 0.6) is 0 Å². The van der Waals surface area contributed by atoms with Gasteiger partial charge in [-0.2, -0.15) is 0 Å². The molecule has 0 aromatic rings. The fourth-order valence-corrected chi connectivity index (χ4v) is 5.28. The van der Waals surface area contributed by atoms with Gasteiger partial charge in [0.05, 0.1) is 0 Å². The van der Waals surface area contributed by atoms with Crippen molar-refractivity contribution in [1.29, 1.82) is 0 Å². The minimum absolute atomic E-state index is 0. The molecule has 0 amide bonds. The Labute approximate surface area is 285 Å². The molecule has 43 heavy (non-hydrogen) atoms. The first-order valence-electron chi connectivity index (χ1n) is 18.1. The average molecular weight is 688 g/mol. The number of unbranched alkanes of at least 4 members (excludes halogenated alkanes) is 26. The summed E-state index contributed by atoms with van der Waals surface area (Å²) in [5.74, 6) is -2.91. The molecule has 0 aliphatic rings. The summed E-state index contributed by atoms with van der Waals surface area (Å²) in [6.45, 7) is 4.50. The molecular formula is C36H68O6Zr. The summed E-state index contributed by atoms with van der Waals surface area (Å²) >= 11 is 0. The molecule has 0 saturated heterocycles. The van der Waals surface area contributed by atoms with Gasteiger partial charge in [0, 0.05) is 11.9 Å². The van der Waals surface area contributed by atoms with Crippen LogP contribution >= 0.6 is 0 Å². The SMILES string of the molecule is CCCCCCCCCCCCCCCCC([O-])C(=O)[O-].CCCCCCCCCCCCCCCCC([O-])C(=O)[O-].[Zr+4]. The van der Waals surface area contributed by atoms with Gasteiger partial charge in [-0.15, -0.1) is 0 Å². The van der Waals surface area contributed by atoms with Gasteiger partial charge in [-0.1, -0.05) is 219 Å². The monoisotopic (exact) mass is 686 g/mol. The minimum Gasteiger partial charge on any atom is -0.848 e. The molecule has 252 valence electrons. The third-order valence-electron chi connectivity index (χ3n) is 8.17. The Morgan fingerprint density at radius 1 is 0.372 bits per heavy atom. The van der Waals surface area contributed by atoms with Crippen LogP contribution in [0, 0.1) is 0 Å². The Morgan fingerprint density at radius 3 is 0.698 bits per heavy atom. The smallest absolute Gasteiger partial charge is 0.848 e. The maximum atomic E-state index is 10.9. The largest absolute Gasteiger partial charge is 4.00 e. The van der Waals surface area contributed by atoms with Crippen molar-refractivity contribution in [2.24, 2.45) is 0 Å². The maximum absolute atomic E-state index is 10.9. The van der Waals surface area contributed by atoms with E-state index in [1.54, 1.807) is 0 Å². The van der Waals surface area contributed by atoms with Crippen molar-refractivity contribution in [3.63, 3.8) is 0 Å². The predicted octanol–water partition coefficient (Wildman–Crippen LogP) is 6.67. The van der Waals surface area contributed by atoms with Crippen molar-refractivity contribution < 1.29 is 56.2 Å². The van der Waals surface area contributed by atoms with Crippen molar-refractivity contribution in [2.45, 2.75) is 219 Å². The second-order valence-electron chi connectivity index (χ2n) is 12.4. The predicted molar refractivity (Wildman–Crippen MR) is 167 cm³/mol. The summed E-state index contributed by atoms with van der Waals surface area (Å²) < 4.78 is 0. The number of carbonyl (C=O) groups excluding carboxylic acids is 2. The number of hydrogen-bond acceptors (Lipinski definition) is 6. The summed E-state index contributed by atoms with van der Waals surface area (Å²) in [5.41, 5.74) is 0. The molecule has 2 unspecified atom stereocenters. The normalized spacial score (nSPS) is 12.2. The summed E-state index contributed by atoms with van der Waals surface area (Å²) in [7, 11) is 0. The number of carboxylic acid groups (broad SMARTS) is 2. The third kappa shape index (κ3) is 41.7. The standard InChI is InChI=1S/2C18H35O3.Zr/c2*1-2-3-4-5-6-7-8-9-10-11-12-13-14-15-16-17(19)18(20)21;/h2*17H,2-16H2,1H3,(H,20,21);/q2*-1;+4/p-2. The molecule has 0 radical (unpaired) electrons. The Hall–Kier alpha value is -0.257. The Balaban J connectivity index is -0.000000727. The van der Waals surface area contributed by atoms with Gasteiger partial charge in [-0.3, -0.25) is 0 Å². The minimum atomic E-state index is -1.53. The molecule has 2 atom stereocenters. The molecule has 0 N–H and O–H groups in total. The van der Waals surface area contributed by atoms with Gasteiger partial charge in [0.15, 0.2) is 0 Å². The van der Waals surface area contributed by atoms with E-state index in [-0.39, 0.29) is 39.0 Å². The molecule has 0 aliphatic heterocycles. The molecule has 0 aliphatic carbocycles. The van der Waals surface area contributed by atoms with E-state index in [2.05, 4.69) is 13.8 Å². The van der Waals surface area contributed by atoms with Crippen molar-refractivity contribution in [1.82, 2.24) is 0 Å². The molecule has 6 nitrogen and oxygen atoms in total. The molecule has 0 bridgehead atoms. The van der Waals surface area contributed by atoms with E-state index >= 15 is 0 Å². The van der Waals surface area contributed by atoms with Crippen LogP contribution in [-0.4, -0.2) is 24.1 Å². The molecule has 0 fully saturated rings. The Kier molecular flexibility index (Phi) is 43.6. The van der Waals surface area contributed by atoms with Crippen LogP contribution < -0.4 is 20.4 Å². The van der Waals surface area contributed by atoms with Gasteiger partial charge >= 0.3 is 26.2 Å². The zero-order valence-corrected chi connectivity index (χ0v) is 30.8. The second kappa shape index (κ2) is 39.8. The van der Waals surface area contributed by atoms with Crippen molar-refractivity contribution >= 4 is 11.9 Å². The van der Waals surface area contributed by atoms with Gasteiger partial charge in [0.25, 0.3) is 0 Å². The van der Waals surface area contributed by atoms with Crippen molar-refractivity contribution in [3.05, 3.63) is 0 Å². The number of hydrogen-bond donors (Lipinski definition) is 0. The van der Waals surface area contributed by atoms with E-state index in [0.29, 0.717) is 0 Å². The van der Waals surface area contributed by atoms with E-state index in [1.165, 1.54) is 141 Å². The summed E-state index contributed by atoms with van der Waals surface area (Å²) in [5, 5.41) is 42.2. The first kappa shape index (κ1) is 47.2. The third-order valence-corrected chi connectivity index (χ3v) is 8.17. The maximum Gasteiger partial charge on any atom is 4.00 e. The molecule has 0 aromatic heterocycles. The van der Waals surface area contributed by atoms with E-state index in [9.17, 15) is 30.0 Å². The quantitative estimate of drug-likeness (QED) is 0.0727. The fourth-order valence-electron chi connectivity index (χ4n) is 5.28. The van der Waals surface area contributed by atoms with Gasteiger partial charge < -0.3 is 30.0 Å². The number of carbonyl (C=O) groups is 2.